The number of aromatic amines is 1. The fraction of sp³-hybridized carbons (Fsp3) is 0.682. The van der Waals surface area contributed by atoms with E-state index in [9.17, 15) is 4.79 Å². The molecule has 2 aromatic rings. The van der Waals surface area contributed by atoms with Crippen molar-refractivity contribution in [3.8, 4) is 0 Å². The van der Waals surface area contributed by atoms with Crippen molar-refractivity contribution in [3.63, 3.8) is 0 Å². The van der Waals surface area contributed by atoms with Crippen LogP contribution in [0.15, 0.2) is 12.3 Å². The van der Waals surface area contributed by atoms with Gasteiger partial charge in [-0.05, 0) is 44.1 Å². The molecule has 1 aliphatic heterocycles. The number of carbonyl (C=O) groups excluding carboxylic acids is 1. The van der Waals surface area contributed by atoms with Gasteiger partial charge < -0.3 is 10.2 Å². The summed E-state index contributed by atoms with van der Waals surface area (Å²) in [5.41, 5.74) is 1.96. The number of aryl methyl sites for hydroxylation is 1. The first-order valence-corrected chi connectivity index (χ1v) is 11.1. The molecule has 1 aliphatic carbocycles. The Hall–Kier alpha value is -2.11. The minimum atomic E-state index is 0.261. The number of nitrogens with one attached hydrogen (secondary N) is 2. The molecule has 0 bridgehead atoms. The van der Waals surface area contributed by atoms with E-state index in [4.69, 9.17) is 0 Å². The van der Waals surface area contributed by atoms with Crippen LogP contribution in [0.2, 0.25) is 0 Å². The van der Waals surface area contributed by atoms with Crippen molar-refractivity contribution in [2.75, 3.05) is 18.4 Å². The molecular weight excluding hydrogens is 350 g/mol. The molecule has 0 atom stereocenters. The van der Waals surface area contributed by atoms with Crippen molar-refractivity contribution in [2.45, 2.75) is 77.2 Å². The normalized spacial score (nSPS) is 19.7. The number of piperidine rings is 1. The van der Waals surface area contributed by atoms with Gasteiger partial charge >= 0.3 is 0 Å². The SMILES string of the molecule is CC1CCN(C(=O)CCc2[nH]nc3ccnc(NC4CCCCCC4)c23)CC1. The summed E-state index contributed by atoms with van der Waals surface area (Å²) in [4.78, 5) is 19.3. The molecule has 0 radical (unpaired) electrons. The van der Waals surface area contributed by atoms with Crippen LogP contribution in [0.1, 0.15) is 70.4 Å². The Labute approximate surface area is 167 Å². The standard InChI is InChI=1S/C22H33N5O/c1-16-11-14-27(15-12-16)20(28)9-8-18-21-19(26-25-18)10-13-23-22(21)24-17-6-4-2-3-5-7-17/h10,13,16-17H,2-9,11-12,14-15H2,1H3,(H,23,24)(H,25,26). The molecule has 3 heterocycles. The Morgan fingerprint density at radius 2 is 1.93 bits per heavy atom. The molecule has 1 amide bonds. The van der Waals surface area contributed by atoms with Gasteiger partial charge in [0.15, 0.2) is 0 Å². The summed E-state index contributed by atoms with van der Waals surface area (Å²) in [5, 5.41) is 12.4. The molecule has 0 unspecified atom stereocenters. The lowest BCUT2D eigenvalue weighted by molar-refractivity contribution is -0.132. The van der Waals surface area contributed by atoms with Crippen molar-refractivity contribution in [3.05, 3.63) is 18.0 Å². The number of hydrogen-bond acceptors (Lipinski definition) is 4. The van der Waals surface area contributed by atoms with Gasteiger partial charge in [0.05, 0.1) is 10.9 Å². The molecule has 28 heavy (non-hydrogen) atoms. The maximum Gasteiger partial charge on any atom is 0.222 e. The number of likely N-dealkylation sites (tertiary alicyclic amines) is 1. The molecule has 2 aliphatic rings. The van der Waals surface area contributed by atoms with Crippen molar-refractivity contribution in [1.29, 1.82) is 0 Å². The molecule has 1 saturated carbocycles. The number of carbonyl (C=O) groups is 1. The van der Waals surface area contributed by atoms with Gasteiger partial charge in [-0.3, -0.25) is 9.89 Å². The van der Waals surface area contributed by atoms with E-state index in [1.54, 1.807) is 0 Å². The van der Waals surface area contributed by atoms with Gasteiger partial charge in [0.25, 0.3) is 0 Å². The third-order valence-electron chi connectivity index (χ3n) is 6.46. The molecule has 2 aromatic heterocycles. The van der Waals surface area contributed by atoms with Crippen LogP contribution in [-0.4, -0.2) is 45.1 Å². The number of aromatic nitrogens is 3. The Bertz CT molecular complexity index is 785. The van der Waals surface area contributed by atoms with Crippen molar-refractivity contribution < 1.29 is 4.79 Å². The van der Waals surface area contributed by atoms with Crippen LogP contribution in [0.4, 0.5) is 5.82 Å². The monoisotopic (exact) mass is 383 g/mol. The number of nitrogens with zero attached hydrogens (tertiary/aromatic N) is 3. The predicted molar refractivity (Wildman–Crippen MR) is 112 cm³/mol. The first-order chi connectivity index (χ1) is 13.7. The molecule has 2 N–H and O–H groups in total. The number of fused-ring (bicyclic) bond motifs is 1. The maximum absolute atomic E-state index is 12.6. The number of hydrogen-bond donors (Lipinski definition) is 2. The van der Waals surface area contributed by atoms with Crippen LogP contribution < -0.4 is 5.32 Å². The zero-order chi connectivity index (χ0) is 19.3. The second kappa shape index (κ2) is 8.93. The summed E-state index contributed by atoms with van der Waals surface area (Å²) in [6.45, 7) is 4.08. The minimum absolute atomic E-state index is 0.261. The van der Waals surface area contributed by atoms with Gasteiger partial charge in [-0.15, -0.1) is 0 Å². The van der Waals surface area contributed by atoms with Gasteiger partial charge in [-0.1, -0.05) is 32.6 Å². The molecular formula is C22H33N5O. The van der Waals surface area contributed by atoms with Gasteiger partial charge in [0.2, 0.25) is 5.91 Å². The first kappa shape index (κ1) is 19.2. The van der Waals surface area contributed by atoms with E-state index in [0.29, 0.717) is 18.9 Å². The highest BCUT2D eigenvalue weighted by Gasteiger charge is 2.21. The molecule has 0 spiro atoms. The van der Waals surface area contributed by atoms with Crippen LogP contribution in [0.5, 0.6) is 0 Å². The van der Waals surface area contributed by atoms with Crippen molar-refractivity contribution in [1.82, 2.24) is 20.1 Å². The van der Waals surface area contributed by atoms with E-state index in [0.717, 1.165) is 54.3 Å². The Morgan fingerprint density at radius 3 is 2.68 bits per heavy atom. The second-order valence-electron chi connectivity index (χ2n) is 8.65. The van der Waals surface area contributed by atoms with E-state index in [1.165, 1.54) is 38.5 Å². The Kier molecular flexibility index (Phi) is 6.13. The van der Waals surface area contributed by atoms with Gasteiger partial charge in [0, 0.05) is 37.4 Å². The second-order valence-corrected chi connectivity index (χ2v) is 8.65. The van der Waals surface area contributed by atoms with E-state index in [-0.39, 0.29) is 5.91 Å². The van der Waals surface area contributed by atoms with Crippen molar-refractivity contribution in [2.24, 2.45) is 5.92 Å². The third kappa shape index (κ3) is 4.47. The molecule has 152 valence electrons. The van der Waals surface area contributed by atoms with Crippen LogP contribution in [0.25, 0.3) is 10.9 Å². The van der Waals surface area contributed by atoms with Gasteiger partial charge in [0.1, 0.15) is 5.82 Å². The molecule has 6 heteroatoms. The fourth-order valence-electron chi connectivity index (χ4n) is 4.58. The summed E-state index contributed by atoms with van der Waals surface area (Å²) in [6, 6.07) is 2.43. The third-order valence-corrected chi connectivity index (χ3v) is 6.46. The molecule has 4 rings (SSSR count). The number of H-pyrrole nitrogens is 1. The summed E-state index contributed by atoms with van der Waals surface area (Å²) >= 11 is 0. The maximum atomic E-state index is 12.6. The summed E-state index contributed by atoms with van der Waals surface area (Å²) in [7, 11) is 0. The van der Waals surface area contributed by atoms with Crippen LogP contribution in [0, 0.1) is 5.92 Å². The smallest absolute Gasteiger partial charge is 0.222 e. The average molecular weight is 384 g/mol. The van der Waals surface area contributed by atoms with E-state index in [1.807, 2.05) is 17.2 Å². The number of anilines is 1. The quantitative estimate of drug-likeness (QED) is 0.756. The van der Waals surface area contributed by atoms with E-state index in [2.05, 4.69) is 27.4 Å². The lowest BCUT2D eigenvalue weighted by Gasteiger charge is -2.30. The highest BCUT2D eigenvalue weighted by molar-refractivity contribution is 5.92. The first-order valence-electron chi connectivity index (χ1n) is 11.1. The Balaban J connectivity index is 1.44. The lowest BCUT2D eigenvalue weighted by Crippen LogP contribution is -2.38. The van der Waals surface area contributed by atoms with E-state index < -0.39 is 0 Å². The van der Waals surface area contributed by atoms with E-state index >= 15 is 0 Å². The molecule has 1 saturated heterocycles. The highest BCUT2D eigenvalue weighted by atomic mass is 16.2. The van der Waals surface area contributed by atoms with Gasteiger partial charge in [-0.25, -0.2) is 4.98 Å². The minimum Gasteiger partial charge on any atom is -0.367 e. The topological polar surface area (TPSA) is 73.9 Å². The molecule has 6 nitrogen and oxygen atoms in total. The Morgan fingerprint density at radius 1 is 1.18 bits per heavy atom. The zero-order valence-corrected chi connectivity index (χ0v) is 17.0. The number of rotatable bonds is 5. The zero-order valence-electron chi connectivity index (χ0n) is 17.0. The molecule has 2 fully saturated rings. The largest absolute Gasteiger partial charge is 0.367 e. The van der Waals surface area contributed by atoms with Crippen LogP contribution in [-0.2, 0) is 11.2 Å². The fourth-order valence-corrected chi connectivity index (χ4v) is 4.58. The van der Waals surface area contributed by atoms with Crippen molar-refractivity contribution >= 4 is 22.6 Å². The van der Waals surface area contributed by atoms with Gasteiger partial charge in [-0.2, -0.15) is 5.10 Å². The summed E-state index contributed by atoms with van der Waals surface area (Å²) < 4.78 is 0. The highest BCUT2D eigenvalue weighted by Crippen LogP contribution is 2.27. The predicted octanol–water partition coefficient (Wildman–Crippen LogP) is 4.28. The summed E-state index contributed by atoms with van der Waals surface area (Å²) in [6.07, 6.45) is 12.9. The average Bonchev–Trinajstić information content (AvgIpc) is 2.95. The van der Waals surface area contributed by atoms with Crippen LogP contribution in [0.3, 0.4) is 0 Å². The number of amides is 1. The van der Waals surface area contributed by atoms with Crippen LogP contribution >= 0.6 is 0 Å². The lowest BCUT2D eigenvalue weighted by atomic mass is 9.99. The summed E-state index contributed by atoms with van der Waals surface area (Å²) in [5.74, 6) is 1.92. The molecule has 0 aromatic carbocycles. The number of pyridine rings is 1.